The first kappa shape index (κ1) is 17.5. The fraction of sp³-hybridized carbons (Fsp3) is 0.143. The predicted molar refractivity (Wildman–Crippen MR) is 102 cm³/mol. The van der Waals surface area contributed by atoms with Gasteiger partial charge in [0.05, 0.1) is 11.3 Å². The molecule has 0 spiro atoms. The van der Waals surface area contributed by atoms with E-state index >= 15 is 0 Å². The highest BCUT2D eigenvalue weighted by Gasteiger charge is 2.21. The van der Waals surface area contributed by atoms with Crippen molar-refractivity contribution in [2.24, 2.45) is 5.73 Å². The molecule has 3 rings (SSSR count). The Bertz CT molecular complexity index is 947. The zero-order valence-corrected chi connectivity index (χ0v) is 14.4. The van der Waals surface area contributed by atoms with Gasteiger partial charge in [-0.05, 0) is 30.0 Å². The molecular weight excluding hydrogens is 328 g/mol. The minimum Gasteiger partial charge on any atom is -0.480 e. The minimum atomic E-state index is -0.693. The van der Waals surface area contributed by atoms with E-state index in [1.54, 1.807) is 24.3 Å². The van der Waals surface area contributed by atoms with Crippen molar-refractivity contribution in [2.45, 2.75) is 19.4 Å². The Labute approximate surface area is 151 Å². The summed E-state index contributed by atoms with van der Waals surface area (Å²) in [5.74, 6) is -0.272. The van der Waals surface area contributed by atoms with E-state index < -0.39 is 12.0 Å². The topological polar surface area (TPSA) is 81.4 Å². The molecule has 0 unspecified atom stereocenters. The van der Waals surface area contributed by atoms with Crippen LogP contribution in [-0.2, 0) is 4.79 Å². The summed E-state index contributed by atoms with van der Waals surface area (Å²) in [6.45, 7) is 1.87. The molecule has 0 aliphatic rings. The summed E-state index contributed by atoms with van der Waals surface area (Å²) in [6.07, 6.45) is -0.213. The van der Waals surface area contributed by atoms with Crippen molar-refractivity contribution in [1.82, 2.24) is 0 Å². The number of carbonyl (C=O) groups excluding carboxylic acids is 2. The first-order valence-electron chi connectivity index (χ1n) is 8.44. The number of carbonyl (C=O) groups is 2. The molecule has 0 saturated carbocycles. The normalized spacial score (nSPS) is 11.7. The number of nitrogens with one attached hydrogen (secondary N) is 1. The molecule has 5 heteroatoms. The highest BCUT2D eigenvalue weighted by atomic mass is 16.5. The van der Waals surface area contributed by atoms with E-state index in [4.69, 9.17) is 10.5 Å². The van der Waals surface area contributed by atoms with Gasteiger partial charge in [0.25, 0.3) is 11.8 Å². The van der Waals surface area contributed by atoms with Crippen LogP contribution in [0.3, 0.4) is 0 Å². The highest BCUT2D eigenvalue weighted by molar-refractivity contribution is 6.04. The van der Waals surface area contributed by atoms with Crippen LogP contribution in [0.4, 0.5) is 5.69 Å². The van der Waals surface area contributed by atoms with Gasteiger partial charge in [0, 0.05) is 5.39 Å². The third-order valence-electron chi connectivity index (χ3n) is 4.13. The SMILES string of the molecule is CC[C@H](Oc1cccc2ccccc12)C(=O)Nc1ccccc1C(N)=O. The maximum atomic E-state index is 12.7. The molecule has 0 aromatic heterocycles. The Morgan fingerprint density at radius 2 is 1.69 bits per heavy atom. The maximum absolute atomic E-state index is 12.7. The van der Waals surface area contributed by atoms with Gasteiger partial charge in [0.1, 0.15) is 5.75 Å². The van der Waals surface area contributed by atoms with Gasteiger partial charge in [-0.3, -0.25) is 9.59 Å². The summed E-state index contributed by atoms with van der Waals surface area (Å²) >= 11 is 0. The fourth-order valence-electron chi connectivity index (χ4n) is 2.79. The second kappa shape index (κ2) is 7.70. The molecular formula is C21H20N2O3. The standard InChI is InChI=1S/C21H20N2O3/c1-2-18(21(25)23-17-12-6-5-11-16(17)20(22)24)26-19-13-7-9-14-8-3-4-10-15(14)19/h3-13,18H,2H2,1H3,(H2,22,24)(H,23,25)/t18-/m0/s1. The molecule has 3 N–H and O–H groups in total. The molecule has 0 aliphatic carbocycles. The largest absolute Gasteiger partial charge is 0.480 e. The zero-order chi connectivity index (χ0) is 18.5. The Morgan fingerprint density at radius 3 is 2.46 bits per heavy atom. The number of benzene rings is 3. The third kappa shape index (κ3) is 3.67. The van der Waals surface area contributed by atoms with Gasteiger partial charge < -0.3 is 15.8 Å². The molecule has 0 fully saturated rings. The smallest absolute Gasteiger partial charge is 0.265 e. The second-order valence-corrected chi connectivity index (χ2v) is 5.89. The van der Waals surface area contributed by atoms with Gasteiger partial charge in [-0.1, -0.05) is 55.5 Å². The van der Waals surface area contributed by atoms with Crippen LogP contribution in [0.15, 0.2) is 66.7 Å². The van der Waals surface area contributed by atoms with Crippen LogP contribution in [0.2, 0.25) is 0 Å². The van der Waals surface area contributed by atoms with Crippen molar-refractivity contribution < 1.29 is 14.3 Å². The quantitative estimate of drug-likeness (QED) is 0.712. The van der Waals surface area contributed by atoms with Crippen LogP contribution in [0.25, 0.3) is 10.8 Å². The minimum absolute atomic E-state index is 0.265. The lowest BCUT2D eigenvalue weighted by Crippen LogP contribution is -2.33. The summed E-state index contributed by atoms with van der Waals surface area (Å²) < 4.78 is 5.98. The molecule has 1 atom stereocenters. The van der Waals surface area contributed by atoms with E-state index in [9.17, 15) is 9.59 Å². The Kier molecular flexibility index (Phi) is 5.17. The Morgan fingerprint density at radius 1 is 1.00 bits per heavy atom. The summed E-state index contributed by atoms with van der Waals surface area (Å²) in [5, 5.41) is 4.73. The maximum Gasteiger partial charge on any atom is 0.265 e. The van der Waals surface area contributed by atoms with Crippen molar-refractivity contribution in [1.29, 1.82) is 0 Å². The molecule has 5 nitrogen and oxygen atoms in total. The summed E-state index contributed by atoms with van der Waals surface area (Å²) in [6, 6.07) is 20.2. The molecule has 0 heterocycles. The van der Waals surface area contributed by atoms with Crippen molar-refractivity contribution in [3.05, 3.63) is 72.3 Å². The van der Waals surface area contributed by atoms with Crippen molar-refractivity contribution in [3.8, 4) is 5.75 Å². The number of amides is 2. The van der Waals surface area contributed by atoms with Crippen LogP contribution in [0, 0.1) is 0 Å². The predicted octanol–water partition coefficient (Wildman–Crippen LogP) is 3.73. The first-order chi connectivity index (χ1) is 12.6. The summed E-state index contributed by atoms with van der Waals surface area (Å²) in [4.78, 5) is 24.2. The molecule has 132 valence electrons. The van der Waals surface area contributed by atoms with Gasteiger partial charge in [-0.25, -0.2) is 0 Å². The summed E-state index contributed by atoms with van der Waals surface area (Å²) in [7, 11) is 0. The third-order valence-corrected chi connectivity index (χ3v) is 4.13. The number of fused-ring (bicyclic) bond motifs is 1. The fourth-order valence-corrected chi connectivity index (χ4v) is 2.79. The number of hydrogen-bond acceptors (Lipinski definition) is 3. The summed E-state index contributed by atoms with van der Waals surface area (Å²) in [5.41, 5.74) is 6.01. The van der Waals surface area contributed by atoms with Crippen LogP contribution in [0.1, 0.15) is 23.7 Å². The van der Waals surface area contributed by atoms with E-state index in [1.165, 1.54) is 0 Å². The number of anilines is 1. The molecule has 0 radical (unpaired) electrons. The lowest BCUT2D eigenvalue weighted by Gasteiger charge is -2.19. The lowest BCUT2D eigenvalue weighted by molar-refractivity contribution is -0.122. The van der Waals surface area contributed by atoms with E-state index in [-0.39, 0.29) is 11.5 Å². The number of primary amides is 1. The molecule has 2 amide bonds. The van der Waals surface area contributed by atoms with Gasteiger partial charge >= 0.3 is 0 Å². The van der Waals surface area contributed by atoms with Gasteiger partial charge in [-0.15, -0.1) is 0 Å². The number of nitrogens with two attached hydrogens (primary N) is 1. The Balaban J connectivity index is 1.83. The first-order valence-corrected chi connectivity index (χ1v) is 8.44. The number of para-hydroxylation sites is 1. The monoisotopic (exact) mass is 348 g/mol. The zero-order valence-electron chi connectivity index (χ0n) is 14.4. The average Bonchev–Trinajstić information content (AvgIpc) is 2.66. The Hall–Kier alpha value is -3.34. The van der Waals surface area contributed by atoms with Crippen molar-refractivity contribution >= 4 is 28.3 Å². The van der Waals surface area contributed by atoms with Crippen molar-refractivity contribution in [3.63, 3.8) is 0 Å². The van der Waals surface area contributed by atoms with Crippen LogP contribution >= 0.6 is 0 Å². The van der Waals surface area contributed by atoms with Crippen LogP contribution < -0.4 is 15.8 Å². The second-order valence-electron chi connectivity index (χ2n) is 5.89. The molecule has 26 heavy (non-hydrogen) atoms. The van der Waals surface area contributed by atoms with E-state index in [0.717, 1.165) is 10.8 Å². The van der Waals surface area contributed by atoms with E-state index in [1.807, 2.05) is 49.4 Å². The van der Waals surface area contributed by atoms with Gasteiger partial charge in [-0.2, -0.15) is 0 Å². The van der Waals surface area contributed by atoms with Crippen LogP contribution in [-0.4, -0.2) is 17.9 Å². The van der Waals surface area contributed by atoms with Gasteiger partial charge in [0.15, 0.2) is 6.10 Å². The van der Waals surface area contributed by atoms with Crippen molar-refractivity contribution in [2.75, 3.05) is 5.32 Å². The molecule has 0 aliphatic heterocycles. The van der Waals surface area contributed by atoms with E-state index in [2.05, 4.69) is 5.32 Å². The van der Waals surface area contributed by atoms with Crippen LogP contribution in [0.5, 0.6) is 5.75 Å². The number of rotatable bonds is 6. The molecule has 0 bridgehead atoms. The molecule has 3 aromatic rings. The number of ether oxygens (including phenoxy) is 1. The molecule has 3 aromatic carbocycles. The number of hydrogen-bond donors (Lipinski definition) is 2. The lowest BCUT2D eigenvalue weighted by atomic mass is 10.1. The average molecular weight is 348 g/mol. The van der Waals surface area contributed by atoms with Gasteiger partial charge in [0.2, 0.25) is 0 Å². The van der Waals surface area contributed by atoms with E-state index in [0.29, 0.717) is 17.9 Å². The highest BCUT2D eigenvalue weighted by Crippen LogP contribution is 2.27. The molecule has 0 saturated heterocycles.